The van der Waals surface area contributed by atoms with Crippen LogP contribution < -0.4 is 15.8 Å². The Morgan fingerprint density at radius 1 is 1.00 bits per heavy atom. The van der Waals surface area contributed by atoms with Gasteiger partial charge >= 0.3 is 0 Å². The first-order valence-corrected chi connectivity index (χ1v) is 10.5. The molecule has 2 amide bonds. The second-order valence-electron chi connectivity index (χ2n) is 8.41. The van der Waals surface area contributed by atoms with Crippen molar-refractivity contribution in [3.63, 3.8) is 0 Å². The Kier molecular flexibility index (Phi) is 7.46. The maximum atomic E-state index is 12.0. The van der Waals surface area contributed by atoms with Gasteiger partial charge in [-0.15, -0.1) is 0 Å². The number of hydrogen-bond donors (Lipinski definition) is 2. The van der Waals surface area contributed by atoms with E-state index < -0.39 is 5.91 Å². The number of likely N-dealkylation sites (tertiary alicyclic amines) is 1. The Morgan fingerprint density at radius 2 is 1.60 bits per heavy atom. The number of nitrogens with two attached hydrogens (primary N) is 1. The summed E-state index contributed by atoms with van der Waals surface area (Å²) in [5.41, 5.74) is 7.96. The van der Waals surface area contributed by atoms with Crippen LogP contribution in [0.5, 0.6) is 5.75 Å². The van der Waals surface area contributed by atoms with E-state index >= 15 is 0 Å². The molecule has 2 aromatic rings. The lowest BCUT2D eigenvalue weighted by Crippen LogP contribution is -2.38. The SMILES string of the molecule is CC1CC(C)CN(Cc2ccc(CNC(=O)COc3ccc(C(N)=O)cc3)cc2)C1. The van der Waals surface area contributed by atoms with E-state index in [1.54, 1.807) is 24.3 Å². The highest BCUT2D eigenvalue weighted by Crippen LogP contribution is 2.22. The summed E-state index contributed by atoms with van der Waals surface area (Å²) < 4.78 is 5.44. The van der Waals surface area contributed by atoms with E-state index in [0.29, 0.717) is 17.9 Å². The van der Waals surface area contributed by atoms with Crippen molar-refractivity contribution in [2.75, 3.05) is 19.7 Å². The number of rotatable bonds is 8. The molecule has 160 valence electrons. The minimum absolute atomic E-state index is 0.0840. The van der Waals surface area contributed by atoms with E-state index in [-0.39, 0.29) is 12.5 Å². The molecule has 0 aromatic heterocycles. The highest BCUT2D eigenvalue weighted by atomic mass is 16.5. The molecule has 3 rings (SSSR count). The average Bonchev–Trinajstić information content (AvgIpc) is 2.71. The standard InChI is InChI=1S/C24H31N3O3/c1-17-11-18(2)14-27(13-17)15-20-5-3-19(4-6-20)12-26-23(28)16-30-22-9-7-21(8-10-22)24(25)29/h3-10,17-18H,11-16H2,1-2H3,(H2,25,29)(H,26,28). The summed E-state index contributed by atoms with van der Waals surface area (Å²) in [4.78, 5) is 25.6. The van der Waals surface area contributed by atoms with E-state index in [2.05, 4.69) is 48.3 Å². The summed E-state index contributed by atoms with van der Waals surface area (Å²) in [6, 6.07) is 14.8. The van der Waals surface area contributed by atoms with Gasteiger partial charge in [0.2, 0.25) is 5.91 Å². The van der Waals surface area contributed by atoms with Crippen molar-refractivity contribution in [3.8, 4) is 5.75 Å². The molecule has 1 aliphatic heterocycles. The lowest BCUT2D eigenvalue weighted by Gasteiger charge is -2.35. The lowest BCUT2D eigenvalue weighted by atomic mass is 9.91. The van der Waals surface area contributed by atoms with Crippen LogP contribution >= 0.6 is 0 Å². The molecule has 0 radical (unpaired) electrons. The van der Waals surface area contributed by atoms with Crippen LogP contribution in [0.4, 0.5) is 0 Å². The predicted octanol–water partition coefficient (Wildman–Crippen LogP) is 2.96. The van der Waals surface area contributed by atoms with Crippen molar-refractivity contribution in [3.05, 3.63) is 65.2 Å². The molecule has 6 heteroatoms. The van der Waals surface area contributed by atoms with Crippen molar-refractivity contribution in [1.29, 1.82) is 0 Å². The molecule has 1 fully saturated rings. The topological polar surface area (TPSA) is 84.7 Å². The molecular formula is C24H31N3O3. The Bertz CT molecular complexity index is 839. The molecule has 1 heterocycles. The zero-order chi connectivity index (χ0) is 21.5. The van der Waals surface area contributed by atoms with Gasteiger partial charge in [0.25, 0.3) is 5.91 Å². The number of benzene rings is 2. The van der Waals surface area contributed by atoms with Crippen LogP contribution in [0, 0.1) is 11.8 Å². The molecule has 2 unspecified atom stereocenters. The average molecular weight is 410 g/mol. The summed E-state index contributed by atoms with van der Waals surface area (Å²) in [5, 5.41) is 2.86. The van der Waals surface area contributed by atoms with Crippen molar-refractivity contribution < 1.29 is 14.3 Å². The van der Waals surface area contributed by atoms with E-state index in [4.69, 9.17) is 10.5 Å². The Labute approximate surface area is 178 Å². The van der Waals surface area contributed by atoms with E-state index in [0.717, 1.165) is 37.0 Å². The van der Waals surface area contributed by atoms with Gasteiger partial charge < -0.3 is 15.8 Å². The Hall–Kier alpha value is -2.86. The molecule has 2 aromatic carbocycles. The summed E-state index contributed by atoms with van der Waals surface area (Å²) >= 11 is 0. The van der Waals surface area contributed by atoms with Crippen molar-refractivity contribution in [2.45, 2.75) is 33.4 Å². The van der Waals surface area contributed by atoms with Gasteiger partial charge in [0, 0.05) is 31.7 Å². The summed E-state index contributed by atoms with van der Waals surface area (Å²) in [6.45, 7) is 8.33. The first kappa shape index (κ1) is 21.8. The van der Waals surface area contributed by atoms with Crippen molar-refractivity contribution >= 4 is 11.8 Å². The lowest BCUT2D eigenvalue weighted by molar-refractivity contribution is -0.123. The van der Waals surface area contributed by atoms with Gasteiger partial charge in [0.05, 0.1) is 0 Å². The summed E-state index contributed by atoms with van der Waals surface area (Å²) in [6.07, 6.45) is 1.32. The van der Waals surface area contributed by atoms with Crippen LogP contribution in [0.25, 0.3) is 0 Å². The Morgan fingerprint density at radius 3 is 2.20 bits per heavy atom. The number of ether oxygens (including phenoxy) is 1. The normalized spacial score (nSPS) is 19.3. The number of nitrogens with one attached hydrogen (secondary N) is 1. The third-order valence-electron chi connectivity index (χ3n) is 5.37. The molecule has 0 spiro atoms. The van der Waals surface area contributed by atoms with Crippen LogP contribution in [0.15, 0.2) is 48.5 Å². The number of piperidine rings is 1. The second kappa shape index (κ2) is 10.3. The molecular weight excluding hydrogens is 378 g/mol. The van der Waals surface area contributed by atoms with Gasteiger partial charge in [0.15, 0.2) is 6.61 Å². The molecule has 6 nitrogen and oxygen atoms in total. The second-order valence-corrected chi connectivity index (χ2v) is 8.41. The maximum Gasteiger partial charge on any atom is 0.258 e. The molecule has 30 heavy (non-hydrogen) atoms. The molecule has 0 saturated carbocycles. The minimum atomic E-state index is -0.495. The summed E-state index contributed by atoms with van der Waals surface area (Å²) in [5.74, 6) is 1.33. The highest BCUT2D eigenvalue weighted by Gasteiger charge is 2.21. The zero-order valence-electron chi connectivity index (χ0n) is 17.8. The number of amides is 2. The minimum Gasteiger partial charge on any atom is -0.484 e. The molecule has 0 bridgehead atoms. The first-order chi connectivity index (χ1) is 14.4. The fraction of sp³-hybridized carbons (Fsp3) is 0.417. The molecule has 0 aliphatic carbocycles. The van der Waals surface area contributed by atoms with Crippen molar-refractivity contribution in [2.24, 2.45) is 17.6 Å². The van der Waals surface area contributed by atoms with Gasteiger partial charge in [-0.05, 0) is 53.6 Å². The first-order valence-electron chi connectivity index (χ1n) is 10.5. The highest BCUT2D eigenvalue weighted by molar-refractivity contribution is 5.92. The largest absolute Gasteiger partial charge is 0.484 e. The zero-order valence-corrected chi connectivity index (χ0v) is 17.8. The van der Waals surface area contributed by atoms with Gasteiger partial charge in [-0.1, -0.05) is 38.1 Å². The predicted molar refractivity (Wildman–Crippen MR) is 117 cm³/mol. The molecule has 1 saturated heterocycles. The molecule has 3 N–H and O–H groups in total. The van der Waals surface area contributed by atoms with E-state index in [9.17, 15) is 9.59 Å². The van der Waals surface area contributed by atoms with Crippen LogP contribution in [-0.4, -0.2) is 36.4 Å². The Balaban J connectivity index is 1.41. The number of hydrogen-bond acceptors (Lipinski definition) is 4. The number of nitrogens with zero attached hydrogens (tertiary/aromatic N) is 1. The molecule has 1 aliphatic rings. The number of carbonyl (C=O) groups excluding carboxylic acids is 2. The third-order valence-corrected chi connectivity index (χ3v) is 5.37. The maximum absolute atomic E-state index is 12.0. The quantitative estimate of drug-likeness (QED) is 0.702. The van der Waals surface area contributed by atoms with Crippen molar-refractivity contribution in [1.82, 2.24) is 10.2 Å². The van der Waals surface area contributed by atoms with Crippen LogP contribution in [0.1, 0.15) is 41.8 Å². The number of carbonyl (C=O) groups is 2. The van der Waals surface area contributed by atoms with Crippen LogP contribution in [-0.2, 0) is 17.9 Å². The van der Waals surface area contributed by atoms with E-state index in [1.165, 1.54) is 12.0 Å². The molecule has 2 atom stereocenters. The van der Waals surface area contributed by atoms with Gasteiger partial charge in [-0.25, -0.2) is 0 Å². The number of primary amides is 1. The fourth-order valence-electron chi connectivity index (χ4n) is 4.06. The van der Waals surface area contributed by atoms with Gasteiger partial charge in [-0.2, -0.15) is 0 Å². The smallest absolute Gasteiger partial charge is 0.258 e. The third kappa shape index (κ3) is 6.59. The summed E-state index contributed by atoms with van der Waals surface area (Å²) in [7, 11) is 0. The van der Waals surface area contributed by atoms with Gasteiger partial charge in [-0.3, -0.25) is 14.5 Å². The van der Waals surface area contributed by atoms with Crippen LogP contribution in [0.2, 0.25) is 0 Å². The fourth-order valence-corrected chi connectivity index (χ4v) is 4.06. The van der Waals surface area contributed by atoms with Crippen LogP contribution in [0.3, 0.4) is 0 Å². The van der Waals surface area contributed by atoms with E-state index in [1.807, 2.05) is 0 Å². The van der Waals surface area contributed by atoms with Gasteiger partial charge in [0.1, 0.15) is 5.75 Å². The monoisotopic (exact) mass is 409 g/mol.